The van der Waals surface area contributed by atoms with Crippen LogP contribution in [0.1, 0.15) is 26.7 Å². The lowest BCUT2D eigenvalue weighted by Gasteiger charge is -2.35. The fourth-order valence-corrected chi connectivity index (χ4v) is 2.76. The van der Waals surface area contributed by atoms with Crippen LogP contribution in [0.4, 0.5) is 10.1 Å². The summed E-state index contributed by atoms with van der Waals surface area (Å²) < 4.78 is 13.4. The van der Waals surface area contributed by atoms with Gasteiger partial charge in [-0.15, -0.1) is 0 Å². The first kappa shape index (κ1) is 13.6. The van der Waals surface area contributed by atoms with Crippen molar-refractivity contribution in [3.63, 3.8) is 0 Å². The molecule has 0 saturated carbocycles. The number of nitrogens with one attached hydrogen (secondary N) is 1. The molecule has 0 amide bonds. The first-order chi connectivity index (χ1) is 8.54. The van der Waals surface area contributed by atoms with Crippen molar-refractivity contribution in [2.24, 2.45) is 0 Å². The van der Waals surface area contributed by atoms with E-state index in [1.54, 1.807) is 6.07 Å². The van der Waals surface area contributed by atoms with Crippen LogP contribution >= 0.6 is 11.6 Å². The number of piperidine rings is 1. The highest BCUT2D eigenvalue weighted by Crippen LogP contribution is 2.24. The lowest BCUT2D eigenvalue weighted by molar-refractivity contribution is 0.394. The highest BCUT2D eigenvalue weighted by molar-refractivity contribution is 6.30. The second kappa shape index (κ2) is 5.89. The number of benzene rings is 1. The Kier molecular flexibility index (Phi) is 4.46. The Bertz CT molecular complexity index is 389. The highest BCUT2D eigenvalue weighted by Gasteiger charge is 2.20. The van der Waals surface area contributed by atoms with E-state index in [1.807, 2.05) is 6.07 Å². The Labute approximate surface area is 113 Å². The highest BCUT2D eigenvalue weighted by atomic mass is 35.5. The van der Waals surface area contributed by atoms with Gasteiger partial charge >= 0.3 is 0 Å². The zero-order chi connectivity index (χ0) is 13.1. The summed E-state index contributed by atoms with van der Waals surface area (Å²) in [6.07, 6.45) is 2.30. The van der Waals surface area contributed by atoms with E-state index >= 15 is 0 Å². The molecule has 1 saturated heterocycles. The van der Waals surface area contributed by atoms with Gasteiger partial charge in [-0.1, -0.05) is 25.4 Å². The molecule has 4 heteroatoms. The minimum Gasteiger partial charge on any atom is -0.370 e. The molecule has 1 aliphatic heterocycles. The first-order valence-electron chi connectivity index (χ1n) is 6.51. The number of nitrogens with zero attached hydrogens (tertiary/aromatic N) is 1. The summed E-state index contributed by atoms with van der Waals surface area (Å²) in [5, 5.41) is 4.00. The summed E-state index contributed by atoms with van der Waals surface area (Å²) >= 11 is 5.91. The van der Waals surface area contributed by atoms with Crippen molar-refractivity contribution in [1.29, 1.82) is 0 Å². The van der Waals surface area contributed by atoms with Gasteiger partial charge in [-0.05, 0) is 31.0 Å². The Morgan fingerprint density at radius 3 is 2.83 bits per heavy atom. The standard InChI is InChI=1S/C14H20ClFN2/c1-10(2)17-13-4-3-5-18(9-13)14-7-11(15)6-12(16)8-14/h6-8,10,13,17H,3-5,9H2,1-2H3. The number of halogens is 2. The average molecular weight is 271 g/mol. The molecule has 1 aliphatic rings. The van der Waals surface area contributed by atoms with Gasteiger partial charge in [0.1, 0.15) is 5.82 Å². The van der Waals surface area contributed by atoms with Gasteiger partial charge < -0.3 is 10.2 Å². The van der Waals surface area contributed by atoms with Crippen molar-refractivity contribution in [3.8, 4) is 0 Å². The summed E-state index contributed by atoms with van der Waals surface area (Å²) in [4.78, 5) is 2.21. The van der Waals surface area contributed by atoms with Crippen molar-refractivity contribution in [3.05, 3.63) is 29.0 Å². The zero-order valence-electron chi connectivity index (χ0n) is 10.9. The van der Waals surface area contributed by atoms with Crippen molar-refractivity contribution in [2.45, 2.75) is 38.8 Å². The molecule has 100 valence electrons. The summed E-state index contributed by atoms with van der Waals surface area (Å²) in [5.41, 5.74) is 0.884. The van der Waals surface area contributed by atoms with Gasteiger partial charge in [-0.3, -0.25) is 0 Å². The smallest absolute Gasteiger partial charge is 0.126 e. The van der Waals surface area contributed by atoms with E-state index in [-0.39, 0.29) is 5.82 Å². The summed E-state index contributed by atoms with van der Waals surface area (Å²) in [5.74, 6) is -0.267. The van der Waals surface area contributed by atoms with Crippen molar-refractivity contribution in [2.75, 3.05) is 18.0 Å². The SMILES string of the molecule is CC(C)NC1CCCN(c2cc(F)cc(Cl)c2)C1. The lowest BCUT2D eigenvalue weighted by Crippen LogP contribution is -2.47. The molecule has 2 rings (SSSR count). The van der Waals surface area contributed by atoms with E-state index < -0.39 is 0 Å². The van der Waals surface area contributed by atoms with E-state index in [4.69, 9.17) is 11.6 Å². The maximum atomic E-state index is 13.4. The number of anilines is 1. The Hall–Kier alpha value is -0.800. The Morgan fingerprint density at radius 1 is 1.39 bits per heavy atom. The third kappa shape index (κ3) is 3.59. The molecule has 1 fully saturated rings. The Morgan fingerprint density at radius 2 is 2.17 bits per heavy atom. The van der Waals surface area contributed by atoms with Crippen LogP contribution in [0.25, 0.3) is 0 Å². The average Bonchev–Trinajstić information content (AvgIpc) is 2.27. The summed E-state index contributed by atoms with van der Waals surface area (Å²) in [6.45, 7) is 6.18. The second-order valence-corrected chi connectivity index (χ2v) is 5.67. The molecule has 1 atom stereocenters. The van der Waals surface area contributed by atoms with E-state index in [2.05, 4.69) is 24.1 Å². The van der Waals surface area contributed by atoms with Crippen LogP contribution in [-0.4, -0.2) is 25.2 Å². The number of hydrogen-bond donors (Lipinski definition) is 1. The predicted octanol–water partition coefficient (Wildman–Crippen LogP) is 3.45. The molecule has 1 heterocycles. The molecule has 2 nitrogen and oxygen atoms in total. The van der Waals surface area contributed by atoms with Crippen LogP contribution in [0.3, 0.4) is 0 Å². The van der Waals surface area contributed by atoms with Crippen molar-refractivity contribution in [1.82, 2.24) is 5.32 Å². The molecule has 1 N–H and O–H groups in total. The maximum Gasteiger partial charge on any atom is 0.126 e. The van der Waals surface area contributed by atoms with E-state index in [0.717, 1.165) is 25.2 Å². The molecular formula is C14H20ClFN2. The molecule has 0 bridgehead atoms. The third-order valence-corrected chi connectivity index (χ3v) is 3.42. The van der Waals surface area contributed by atoms with Gasteiger partial charge in [0.2, 0.25) is 0 Å². The maximum absolute atomic E-state index is 13.4. The molecule has 18 heavy (non-hydrogen) atoms. The molecule has 1 aromatic rings. The van der Waals surface area contributed by atoms with E-state index in [9.17, 15) is 4.39 Å². The zero-order valence-corrected chi connectivity index (χ0v) is 11.7. The van der Waals surface area contributed by atoms with Gasteiger partial charge in [0.25, 0.3) is 0 Å². The minimum absolute atomic E-state index is 0.267. The molecule has 0 aromatic heterocycles. The molecule has 1 aromatic carbocycles. The lowest BCUT2D eigenvalue weighted by atomic mass is 10.0. The molecule has 1 unspecified atom stereocenters. The van der Waals surface area contributed by atoms with Gasteiger partial charge in [0, 0.05) is 35.9 Å². The van der Waals surface area contributed by atoms with Crippen LogP contribution in [0, 0.1) is 5.82 Å². The second-order valence-electron chi connectivity index (χ2n) is 5.23. The van der Waals surface area contributed by atoms with Crippen molar-refractivity contribution < 1.29 is 4.39 Å². The summed E-state index contributed by atoms with van der Waals surface area (Å²) in [6, 6.07) is 5.69. The van der Waals surface area contributed by atoms with E-state index in [1.165, 1.54) is 12.5 Å². The van der Waals surface area contributed by atoms with Crippen LogP contribution in [0.5, 0.6) is 0 Å². The fraction of sp³-hybridized carbons (Fsp3) is 0.571. The van der Waals surface area contributed by atoms with Gasteiger partial charge in [-0.25, -0.2) is 4.39 Å². The van der Waals surface area contributed by atoms with Crippen LogP contribution in [0.2, 0.25) is 5.02 Å². The van der Waals surface area contributed by atoms with Gasteiger partial charge in [0.05, 0.1) is 0 Å². The quantitative estimate of drug-likeness (QED) is 0.905. The largest absolute Gasteiger partial charge is 0.370 e. The fourth-order valence-electron chi connectivity index (χ4n) is 2.54. The van der Waals surface area contributed by atoms with Crippen molar-refractivity contribution >= 4 is 17.3 Å². The Balaban J connectivity index is 2.08. The summed E-state index contributed by atoms with van der Waals surface area (Å²) in [7, 11) is 0. The van der Waals surface area contributed by atoms with Crippen LogP contribution in [-0.2, 0) is 0 Å². The monoisotopic (exact) mass is 270 g/mol. The number of hydrogen-bond acceptors (Lipinski definition) is 2. The molecular weight excluding hydrogens is 251 g/mol. The molecule has 0 radical (unpaired) electrons. The van der Waals surface area contributed by atoms with Gasteiger partial charge in [0.15, 0.2) is 0 Å². The molecule has 0 aliphatic carbocycles. The first-order valence-corrected chi connectivity index (χ1v) is 6.89. The van der Waals surface area contributed by atoms with Crippen LogP contribution < -0.4 is 10.2 Å². The predicted molar refractivity (Wildman–Crippen MR) is 74.9 cm³/mol. The van der Waals surface area contributed by atoms with Gasteiger partial charge in [-0.2, -0.15) is 0 Å². The van der Waals surface area contributed by atoms with E-state index in [0.29, 0.717) is 17.1 Å². The minimum atomic E-state index is -0.267. The van der Waals surface area contributed by atoms with Crippen LogP contribution in [0.15, 0.2) is 18.2 Å². The molecule has 0 spiro atoms. The number of rotatable bonds is 3. The third-order valence-electron chi connectivity index (χ3n) is 3.20. The topological polar surface area (TPSA) is 15.3 Å². The normalized spacial score (nSPS) is 20.5.